The van der Waals surface area contributed by atoms with Gasteiger partial charge in [-0.15, -0.1) is 0 Å². The Labute approximate surface area is 169 Å². The van der Waals surface area contributed by atoms with Crippen LogP contribution in [0.15, 0.2) is 36.4 Å². The molecule has 1 aromatic carbocycles. The lowest BCUT2D eigenvalue weighted by Gasteiger charge is -2.20. The molecule has 2 unspecified atom stereocenters. The summed E-state index contributed by atoms with van der Waals surface area (Å²) in [5.74, 6) is -1.86. The Morgan fingerprint density at radius 3 is 2.28 bits per heavy atom. The molecule has 1 aliphatic heterocycles. The van der Waals surface area contributed by atoms with E-state index in [2.05, 4.69) is 16.1 Å². The number of carbonyl (C=O) groups excluding carboxylic acids is 4. The smallest absolute Gasteiger partial charge is 0.252 e. The van der Waals surface area contributed by atoms with Crippen LogP contribution in [0, 0.1) is 11.8 Å². The van der Waals surface area contributed by atoms with Crippen molar-refractivity contribution in [3.63, 3.8) is 0 Å². The first-order chi connectivity index (χ1) is 13.7. The minimum atomic E-state index is -0.422. The summed E-state index contributed by atoms with van der Waals surface area (Å²) < 4.78 is 0. The second-order valence-electron chi connectivity index (χ2n) is 8.34. The molecule has 0 bridgehead atoms. The number of hydrazine groups is 1. The molecule has 1 aliphatic carbocycles. The van der Waals surface area contributed by atoms with E-state index in [0.717, 1.165) is 5.01 Å². The SMILES string of the molecule is CC(C)(C)NC(=O)CNC(=O)c1cccc(NN2C(=O)C3CC=CCC3C2=O)c1. The number of allylic oxidation sites excluding steroid dienone is 2. The summed E-state index contributed by atoms with van der Waals surface area (Å²) in [6.45, 7) is 5.42. The molecule has 2 atom stereocenters. The van der Waals surface area contributed by atoms with Gasteiger partial charge in [-0.05, 0) is 51.8 Å². The molecule has 4 amide bonds. The predicted molar refractivity (Wildman–Crippen MR) is 108 cm³/mol. The topological polar surface area (TPSA) is 108 Å². The van der Waals surface area contributed by atoms with Crippen LogP contribution in [0.3, 0.4) is 0 Å². The fourth-order valence-corrected chi connectivity index (χ4v) is 3.49. The van der Waals surface area contributed by atoms with E-state index in [1.54, 1.807) is 18.2 Å². The third-order valence-corrected chi connectivity index (χ3v) is 4.80. The lowest BCUT2D eigenvalue weighted by atomic mass is 9.85. The van der Waals surface area contributed by atoms with Crippen LogP contribution in [0.1, 0.15) is 44.0 Å². The van der Waals surface area contributed by atoms with Crippen molar-refractivity contribution >= 4 is 29.3 Å². The van der Waals surface area contributed by atoms with Gasteiger partial charge in [0, 0.05) is 11.1 Å². The Balaban J connectivity index is 1.62. The van der Waals surface area contributed by atoms with Gasteiger partial charge in [-0.25, -0.2) is 0 Å². The van der Waals surface area contributed by atoms with Crippen LogP contribution in [0.4, 0.5) is 5.69 Å². The average molecular weight is 398 g/mol. The van der Waals surface area contributed by atoms with Crippen molar-refractivity contribution in [2.45, 2.75) is 39.2 Å². The molecule has 8 nitrogen and oxygen atoms in total. The highest BCUT2D eigenvalue weighted by Gasteiger charge is 2.47. The summed E-state index contributed by atoms with van der Waals surface area (Å²) in [5.41, 5.74) is 3.22. The standard InChI is InChI=1S/C21H26N4O4/c1-21(2,3)23-17(26)12-22-18(27)13-7-6-8-14(11-13)24-25-19(28)15-9-4-5-10-16(15)20(25)29/h4-8,11,15-16,24H,9-10,12H2,1-3H3,(H,22,27)(H,23,26). The van der Waals surface area contributed by atoms with Gasteiger partial charge in [-0.3, -0.25) is 24.6 Å². The normalized spacial score (nSPS) is 21.0. The van der Waals surface area contributed by atoms with Crippen molar-refractivity contribution in [1.82, 2.24) is 15.6 Å². The second kappa shape index (κ2) is 8.06. The van der Waals surface area contributed by atoms with Gasteiger partial charge in [0.1, 0.15) is 0 Å². The fourth-order valence-electron chi connectivity index (χ4n) is 3.49. The summed E-state index contributed by atoms with van der Waals surface area (Å²) in [4.78, 5) is 49.3. The molecule has 29 heavy (non-hydrogen) atoms. The Morgan fingerprint density at radius 1 is 1.07 bits per heavy atom. The van der Waals surface area contributed by atoms with Crippen LogP contribution >= 0.6 is 0 Å². The number of amides is 4. The zero-order valence-corrected chi connectivity index (χ0v) is 16.8. The largest absolute Gasteiger partial charge is 0.350 e. The molecule has 2 aliphatic rings. The van der Waals surface area contributed by atoms with Crippen molar-refractivity contribution in [3.8, 4) is 0 Å². The van der Waals surface area contributed by atoms with E-state index >= 15 is 0 Å². The highest BCUT2D eigenvalue weighted by molar-refractivity contribution is 6.06. The van der Waals surface area contributed by atoms with E-state index in [-0.39, 0.29) is 41.6 Å². The van der Waals surface area contributed by atoms with E-state index in [1.165, 1.54) is 6.07 Å². The second-order valence-corrected chi connectivity index (χ2v) is 8.34. The van der Waals surface area contributed by atoms with Crippen LogP contribution in [0.5, 0.6) is 0 Å². The zero-order chi connectivity index (χ0) is 21.2. The summed E-state index contributed by atoms with van der Waals surface area (Å²) in [7, 11) is 0. The Kier molecular flexibility index (Phi) is 5.72. The van der Waals surface area contributed by atoms with Gasteiger partial charge in [-0.1, -0.05) is 18.2 Å². The third kappa shape index (κ3) is 4.82. The molecule has 0 radical (unpaired) electrons. The number of carbonyl (C=O) groups is 4. The summed E-state index contributed by atoms with van der Waals surface area (Å²) in [6, 6.07) is 6.45. The molecule has 1 saturated heterocycles. The molecule has 3 N–H and O–H groups in total. The minimum Gasteiger partial charge on any atom is -0.350 e. The van der Waals surface area contributed by atoms with Gasteiger partial charge in [0.2, 0.25) is 5.91 Å². The Hall–Kier alpha value is -3.16. The zero-order valence-electron chi connectivity index (χ0n) is 16.8. The van der Waals surface area contributed by atoms with Crippen molar-refractivity contribution in [2.75, 3.05) is 12.0 Å². The van der Waals surface area contributed by atoms with E-state index in [1.807, 2.05) is 32.9 Å². The van der Waals surface area contributed by atoms with E-state index in [9.17, 15) is 19.2 Å². The molecular weight excluding hydrogens is 372 g/mol. The summed E-state index contributed by atoms with van der Waals surface area (Å²) in [6.07, 6.45) is 4.98. The molecule has 1 fully saturated rings. The highest BCUT2D eigenvalue weighted by Crippen LogP contribution is 2.35. The summed E-state index contributed by atoms with van der Waals surface area (Å²) >= 11 is 0. The van der Waals surface area contributed by atoms with E-state index in [0.29, 0.717) is 24.1 Å². The molecule has 0 spiro atoms. The first kappa shape index (κ1) is 20.6. The lowest BCUT2D eigenvalue weighted by Crippen LogP contribution is -2.45. The molecule has 0 aromatic heterocycles. The number of hydrogen-bond acceptors (Lipinski definition) is 5. The molecule has 3 rings (SSSR count). The van der Waals surface area contributed by atoms with Gasteiger partial charge in [0.15, 0.2) is 0 Å². The number of fused-ring (bicyclic) bond motifs is 1. The number of nitrogens with one attached hydrogen (secondary N) is 3. The van der Waals surface area contributed by atoms with E-state index in [4.69, 9.17) is 0 Å². The number of nitrogens with zero attached hydrogens (tertiary/aromatic N) is 1. The molecule has 1 aromatic rings. The van der Waals surface area contributed by atoms with Gasteiger partial charge < -0.3 is 10.6 Å². The lowest BCUT2D eigenvalue weighted by molar-refractivity contribution is -0.138. The van der Waals surface area contributed by atoms with Crippen molar-refractivity contribution < 1.29 is 19.2 Å². The number of benzene rings is 1. The Morgan fingerprint density at radius 2 is 1.69 bits per heavy atom. The third-order valence-electron chi connectivity index (χ3n) is 4.80. The van der Waals surface area contributed by atoms with Gasteiger partial charge >= 0.3 is 0 Å². The van der Waals surface area contributed by atoms with Crippen LogP contribution in [0.25, 0.3) is 0 Å². The first-order valence-corrected chi connectivity index (χ1v) is 9.64. The maximum absolute atomic E-state index is 12.5. The molecule has 8 heteroatoms. The maximum atomic E-state index is 12.5. The quantitative estimate of drug-likeness (QED) is 0.516. The number of imide groups is 1. The number of rotatable bonds is 5. The average Bonchev–Trinajstić information content (AvgIpc) is 2.90. The van der Waals surface area contributed by atoms with Gasteiger partial charge in [0.25, 0.3) is 17.7 Å². The molecule has 0 saturated carbocycles. The minimum absolute atomic E-state index is 0.146. The van der Waals surface area contributed by atoms with Crippen LogP contribution in [0.2, 0.25) is 0 Å². The van der Waals surface area contributed by atoms with Crippen LogP contribution in [-0.2, 0) is 14.4 Å². The van der Waals surface area contributed by atoms with Crippen molar-refractivity contribution in [1.29, 1.82) is 0 Å². The number of anilines is 1. The fraction of sp³-hybridized carbons (Fsp3) is 0.429. The maximum Gasteiger partial charge on any atom is 0.252 e. The molecule has 1 heterocycles. The summed E-state index contributed by atoms with van der Waals surface area (Å²) in [5, 5.41) is 6.38. The molecular formula is C21H26N4O4. The highest BCUT2D eigenvalue weighted by atomic mass is 16.2. The monoisotopic (exact) mass is 398 g/mol. The van der Waals surface area contributed by atoms with Gasteiger partial charge in [-0.2, -0.15) is 5.01 Å². The van der Waals surface area contributed by atoms with Crippen molar-refractivity contribution in [2.24, 2.45) is 11.8 Å². The number of hydrogen-bond donors (Lipinski definition) is 3. The van der Waals surface area contributed by atoms with Gasteiger partial charge in [0.05, 0.1) is 24.1 Å². The molecule has 154 valence electrons. The first-order valence-electron chi connectivity index (χ1n) is 9.64. The van der Waals surface area contributed by atoms with Crippen molar-refractivity contribution in [3.05, 3.63) is 42.0 Å². The Bertz CT molecular complexity index is 846. The van der Waals surface area contributed by atoms with Crippen LogP contribution in [-0.4, -0.2) is 40.7 Å². The van der Waals surface area contributed by atoms with E-state index < -0.39 is 5.91 Å². The van der Waals surface area contributed by atoms with Crippen LogP contribution < -0.4 is 16.1 Å². The predicted octanol–water partition coefficient (Wildman–Crippen LogP) is 1.61.